The SMILES string of the molecule is CN(Cc1cc(Cl)cn1C)CC(O)COCc1ccccc1F. The molecule has 1 atom stereocenters. The van der Waals surface area contributed by atoms with Crippen molar-refractivity contribution in [2.75, 3.05) is 20.2 Å². The Bertz CT molecular complexity index is 633. The number of benzene rings is 1. The summed E-state index contributed by atoms with van der Waals surface area (Å²) in [7, 11) is 3.85. The molecule has 6 heteroatoms. The summed E-state index contributed by atoms with van der Waals surface area (Å²) in [6, 6.07) is 8.37. The van der Waals surface area contributed by atoms with Crippen LogP contribution in [0.25, 0.3) is 0 Å². The summed E-state index contributed by atoms with van der Waals surface area (Å²) in [5, 5.41) is 10.7. The van der Waals surface area contributed by atoms with Crippen molar-refractivity contribution in [3.63, 3.8) is 0 Å². The maximum Gasteiger partial charge on any atom is 0.128 e. The summed E-state index contributed by atoms with van der Waals surface area (Å²) < 4.78 is 20.8. The van der Waals surface area contributed by atoms with Crippen molar-refractivity contribution >= 4 is 11.6 Å². The van der Waals surface area contributed by atoms with Crippen molar-refractivity contribution in [2.24, 2.45) is 7.05 Å². The van der Waals surface area contributed by atoms with Crippen LogP contribution in [0.1, 0.15) is 11.3 Å². The van der Waals surface area contributed by atoms with Gasteiger partial charge in [0.15, 0.2) is 0 Å². The Balaban J connectivity index is 1.73. The summed E-state index contributed by atoms with van der Waals surface area (Å²) in [5.74, 6) is -0.292. The maximum atomic E-state index is 13.4. The monoisotopic (exact) mass is 340 g/mol. The van der Waals surface area contributed by atoms with Crippen LogP contribution in [0.15, 0.2) is 36.5 Å². The van der Waals surface area contributed by atoms with Gasteiger partial charge in [0.1, 0.15) is 5.82 Å². The van der Waals surface area contributed by atoms with Crippen LogP contribution in [0.2, 0.25) is 5.02 Å². The number of aryl methyl sites for hydroxylation is 1. The van der Waals surface area contributed by atoms with Gasteiger partial charge in [-0.05, 0) is 19.2 Å². The van der Waals surface area contributed by atoms with Gasteiger partial charge < -0.3 is 14.4 Å². The van der Waals surface area contributed by atoms with Crippen molar-refractivity contribution in [1.29, 1.82) is 0 Å². The van der Waals surface area contributed by atoms with Gasteiger partial charge in [-0.2, -0.15) is 0 Å². The number of hydrogen-bond acceptors (Lipinski definition) is 3. The highest BCUT2D eigenvalue weighted by molar-refractivity contribution is 6.30. The number of ether oxygens (including phenoxy) is 1. The van der Waals surface area contributed by atoms with Crippen LogP contribution < -0.4 is 0 Å². The third-order valence-electron chi connectivity index (χ3n) is 3.55. The van der Waals surface area contributed by atoms with Gasteiger partial charge in [0.25, 0.3) is 0 Å². The first-order valence-corrected chi connectivity index (χ1v) is 7.82. The van der Waals surface area contributed by atoms with E-state index in [0.29, 0.717) is 23.7 Å². The quantitative estimate of drug-likeness (QED) is 0.803. The van der Waals surface area contributed by atoms with Gasteiger partial charge in [-0.1, -0.05) is 29.8 Å². The average molecular weight is 341 g/mol. The molecule has 1 aromatic heterocycles. The van der Waals surface area contributed by atoms with Crippen molar-refractivity contribution in [2.45, 2.75) is 19.3 Å². The normalized spacial score (nSPS) is 12.8. The Morgan fingerprint density at radius 1 is 1.39 bits per heavy atom. The molecule has 0 radical (unpaired) electrons. The van der Waals surface area contributed by atoms with Gasteiger partial charge in [-0.25, -0.2) is 4.39 Å². The lowest BCUT2D eigenvalue weighted by Crippen LogP contribution is -2.32. The van der Waals surface area contributed by atoms with Crippen LogP contribution >= 0.6 is 11.6 Å². The van der Waals surface area contributed by atoms with E-state index in [4.69, 9.17) is 16.3 Å². The number of aromatic nitrogens is 1. The van der Waals surface area contributed by atoms with Crippen molar-refractivity contribution in [3.8, 4) is 0 Å². The lowest BCUT2D eigenvalue weighted by Gasteiger charge is -2.21. The molecule has 2 rings (SSSR count). The van der Waals surface area contributed by atoms with Crippen LogP contribution in [0, 0.1) is 5.82 Å². The lowest BCUT2D eigenvalue weighted by atomic mass is 10.2. The Labute approximate surface area is 141 Å². The summed E-state index contributed by atoms with van der Waals surface area (Å²) in [6.45, 7) is 1.45. The zero-order chi connectivity index (χ0) is 16.8. The topological polar surface area (TPSA) is 37.6 Å². The first-order valence-electron chi connectivity index (χ1n) is 7.44. The third-order valence-corrected chi connectivity index (χ3v) is 3.76. The molecule has 0 amide bonds. The first kappa shape index (κ1) is 17.9. The third kappa shape index (κ3) is 5.62. The van der Waals surface area contributed by atoms with E-state index >= 15 is 0 Å². The number of aliphatic hydroxyl groups excluding tert-OH is 1. The van der Waals surface area contributed by atoms with Crippen LogP contribution in [-0.4, -0.2) is 40.9 Å². The number of likely N-dealkylation sites (N-methyl/N-ethyl adjacent to an activating group) is 1. The van der Waals surface area contributed by atoms with Crippen LogP contribution in [0.3, 0.4) is 0 Å². The summed E-state index contributed by atoms with van der Waals surface area (Å²) >= 11 is 5.96. The van der Waals surface area contributed by atoms with Gasteiger partial charge in [0.05, 0.1) is 24.3 Å². The number of halogens is 2. The minimum atomic E-state index is -0.637. The molecule has 0 fully saturated rings. The fourth-order valence-electron chi connectivity index (χ4n) is 2.40. The zero-order valence-corrected chi connectivity index (χ0v) is 14.1. The standard InChI is InChI=1S/C17H22ClFN2O2/c1-20(9-15-7-14(18)8-21(15)2)10-16(22)12-23-11-13-5-3-4-6-17(13)19/h3-8,16,22H,9-12H2,1-2H3. The fraction of sp³-hybridized carbons (Fsp3) is 0.412. The molecule has 0 saturated carbocycles. The van der Waals surface area contributed by atoms with Gasteiger partial charge in [0.2, 0.25) is 0 Å². The molecule has 0 saturated heterocycles. The van der Waals surface area contributed by atoms with E-state index in [-0.39, 0.29) is 19.0 Å². The average Bonchev–Trinajstić information content (AvgIpc) is 2.78. The molecule has 4 nitrogen and oxygen atoms in total. The van der Waals surface area contributed by atoms with E-state index in [0.717, 1.165) is 5.69 Å². The highest BCUT2D eigenvalue weighted by Crippen LogP contribution is 2.14. The predicted octanol–water partition coefficient (Wildman–Crippen LogP) is 2.83. The molecular weight excluding hydrogens is 319 g/mol. The number of nitrogens with zero attached hydrogens (tertiary/aromatic N) is 2. The molecule has 2 aromatic rings. The molecule has 0 spiro atoms. The molecule has 23 heavy (non-hydrogen) atoms. The second-order valence-corrected chi connectivity index (χ2v) is 6.15. The highest BCUT2D eigenvalue weighted by Gasteiger charge is 2.11. The van der Waals surface area contributed by atoms with Crippen LogP contribution in [0.4, 0.5) is 4.39 Å². The maximum absolute atomic E-state index is 13.4. The van der Waals surface area contributed by atoms with E-state index in [1.165, 1.54) is 6.07 Å². The predicted molar refractivity (Wildman–Crippen MR) is 88.8 cm³/mol. The summed E-state index contributed by atoms with van der Waals surface area (Å²) in [6.07, 6.45) is 1.21. The van der Waals surface area contributed by atoms with Crippen molar-refractivity contribution in [1.82, 2.24) is 9.47 Å². The minimum Gasteiger partial charge on any atom is -0.389 e. The van der Waals surface area contributed by atoms with E-state index in [9.17, 15) is 9.50 Å². The number of aliphatic hydroxyl groups is 1. The van der Waals surface area contributed by atoms with Crippen molar-refractivity contribution < 1.29 is 14.2 Å². The molecule has 1 N–H and O–H groups in total. The van der Waals surface area contributed by atoms with E-state index in [1.54, 1.807) is 18.2 Å². The number of rotatable bonds is 8. The van der Waals surface area contributed by atoms with Gasteiger partial charge in [-0.15, -0.1) is 0 Å². The number of hydrogen-bond donors (Lipinski definition) is 1. The Morgan fingerprint density at radius 3 is 2.78 bits per heavy atom. The van der Waals surface area contributed by atoms with Crippen LogP contribution in [0.5, 0.6) is 0 Å². The van der Waals surface area contributed by atoms with E-state index in [2.05, 4.69) is 0 Å². The summed E-state index contributed by atoms with van der Waals surface area (Å²) in [5.41, 5.74) is 1.56. The van der Waals surface area contributed by atoms with E-state index in [1.807, 2.05) is 35.8 Å². The van der Waals surface area contributed by atoms with Crippen LogP contribution in [-0.2, 0) is 24.9 Å². The fourth-order valence-corrected chi connectivity index (χ4v) is 2.67. The van der Waals surface area contributed by atoms with Crippen molar-refractivity contribution in [3.05, 3.63) is 58.6 Å². The van der Waals surface area contributed by atoms with Gasteiger partial charge >= 0.3 is 0 Å². The largest absolute Gasteiger partial charge is 0.389 e. The second-order valence-electron chi connectivity index (χ2n) is 5.72. The molecule has 0 aliphatic rings. The molecule has 1 aromatic carbocycles. The van der Waals surface area contributed by atoms with Gasteiger partial charge in [0, 0.05) is 37.6 Å². The molecule has 1 heterocycles. The molecule has 0 aliphatic heterocycles. The van der Waals surface area contributed by atoms with Gasteiger partial charge in [-0.3, -0.25) is 4.90 Å². The highest BCUT2D eigenvalue weighted by atomic mass is 35.5. The van der Waals surface area contributed by atoms with E-state index < -0.39 is 6.10 Å². The first-order chi connectivity index (χ1) is 11.0. The molecule has 0 aliphatic carbocycles. The second kappa shape index (κ2) is 8.45. The minimum absolute atomic E-state index is 0.154. The molecule has 0 bridgehead atoms. The molecule has 1 unspecified atom stereocenters. The smallest absolute Gasteiger partial charge is 0.128 e. The summed E-state index contributed by atoms with van der Waals surface area (Å²) in [4.78, 5) is 1.99. The Morgan fingerprint density at radius 2 is 2.13 bits per heavy atom. The Kier molecular flexibility index (Phi) is 6.59. The Hall–Kier alpha value is -1.40. The molecule has 126 valence electrons. The zero-order valence-electron chi connectivity index (χ0n) is 13.4. The lowest BCUT2D eigenvalue weighted by molar-refractivity contribution is 0.0117. The molecular formula is C17H22ClFN2O2.